The molecular formula is C30H29ClFN3O4. The predicted molar refractivity (Wildman–Crippen MR) is 142 cm³/mol. The number of aromatic nitrogens is 1. The van der Waals surface area contributed by atoms with Gasteiger partial charge in [-0.05, 0) is 53.6 Å². The zero-order valence-electron chi connectivity index (χ0n) is 21.6. The van der Waals surface area contributed by atoms with E-state index in [0.717, 1.165) is 90.5 Å². The van der Waals surface area contributed by atoms with Crippen LogP contribution in [-0.2, 0) is 19.5 Å². The molecule has 0 radical (unpaired) electrons. The number of phenolic OH excluding ortho intramolecular Hbond substituents is 1. The van der Waals surface area contributed by atoms with Crippen LogP contribution in [0.3, 0.4) is 0 Å². The van der Waals surface area contributed by atoms with Crippen molar-refractivity contribution in [3.8, 4) is 34.3 Å². The highest BCUT2D eigenvalue weighted by Gasteiger charge is 2.29. The fraction of sp³-hybridized carbons (Fsp3) is 0.300. The molecule has 3 aliphatic rings. The van der Waals surface area contributed by atoms with Crippen LogP contribution in [0, 0.1) is 5.82 Å². The number of aromatic hydroxyl groups is 1. The molecule has 1 aromatic heterocycles. The molecule has 0 atom stereocenters. The topological polar surface area (TPSA) is 58.3 Å². The summed E-state index contributed by atoms with van der Waals surface area (Å²) in [6, 6.07) is 15.0. The van der Waals surface area contributed by atoms with Gasteiger partial charge in [-0.1, -0.05) is 0 Å². The standard InChI is InChI=1S/C30H28FN3O4.ClH/c1-36-29-13-20(16-32-8-10-33(11-9-32)22-4-2-21(31)3-5-22)23-14-26-24-15-28-27(37-18-38-28)12-19(24)6-7-34(26)17-25(23)30(29)35;/h2-5,12-15,17H,6-11,16,18H2,1H3;1H. The molecular weight excluding hydrogens is 521 g/mol. The van der Waals surface area contributed by atoms with E-state index >= 15 is 0 Å². The Labute approximate surface area is 232 Å². The van der Waals surface area contributed by atoms with Crippen molar-refractivity contribution in [2.45, 2.75) is 19.5 Å². The van der Waals surface area contributed by atoms with Gasteiger partial charge in [-0.15, -0.1) is 0 Å². The zero-order chi connectivity index (χ0) is 25.8. The molecule has 1 N–H and O–H groups in total. The fourth-order valence-corrected chi connectivity index (χ4v) is 5.91. The lowest BCUT2D eigenvalue weighted by atomic mass is 9.94. The number of rotatable bonds is 4. The monoisotopic (exact) mass is 549 g/mol. The first-order chi connectivity index (χ1) is 18.6. The third kappa shape index (κ3) is 4.47. The van der Waals surface area contributed by atoms with Gasteiger partial charge in [-0.3, -0.25) is 4.90 Å². The molecule has 3 aliphatic heterocycles. The Balaban J connectivity index is 0.00000277. The number of anilines is 1. The van der Waals surface area contributed by atoms with E-state index in [1.807, 2.05) is 24.4 Å². The number of halogens is 2. The molecule has 0 saturated carbocycles. The number of hydrogen-bond donors (Lipinski definition) is 1. The van der Waals surface area contributed by atoms with Gasteiger partial charge in [0.05, 0.1) is 18.1 Å². The quantitative estimate of drug-likeness (QED) is 0.387. The first-order valence-electron chi connectivity index (χ1n) is 13.0. The molecule has 1 saturated heterocycles. The molecule has 0 spiro atoms. The van der Waals surface area contributed by atoms with Gasteiger partial charge >= 0.3 is 0 Å². The van der Waals surface area contributed by atoms with Crippen molar-refractivity contribution in [2.75, 3.05) is 45.0 Å². The van der Waals surface area contributed by atoms with Gasteiger partial charge in [0.15, 0.2) is 35.7 Å². The average molecular weight is 550 g/mol. The van der Waals surface area contributed by atoms with Gasteiger partial charge in [0, 0.05) is 56.3 Å². The second kappa shape index (κ2) is 10.1. The molecule has 4 aromatic rings. The van der Waals surface area contributed by atoms with Gasteiger partial charge in [0.1, 0.15) is 5.82 Å². The Morgan fingerprint density at radius 3 is 2.46 bits per heavy atom. The summed E-state index contributed by atoms with van der Waals surface area (Å²) in [5, 5.41) is 12.9. The van der Waals surface area contributed by atoms with Crippen LogP contribution in [-0.4, -0.2) is 50.1 Å². The highest BCUT2D eigenvalue weighted by molar-refractivity contribution is 5.94. The lowest BCUT2D eigenvalue weighted by Gasteiger charge is -2.36. The molecule has 9 heteroatoms. The van der Waals surface area contributed by atoms with Crippen LogP contribution in [0.1, 0.15) is 11.1 Å². The summed E-state index contributed by atoms with van der Waals surface area (Å²) in [5.41, 5.74) is 5.64. The Hall–Kier alpha value is -3.75. The van der Waals surface area contributed by atoms with Crippen molar-refractivity contribution in [1.82, 2.24) is 4.90 Å². The number of phenols is 1. The number of nitrogens with zero attached hydrogens (tertiary/aromatic N) is 3. The van der Waals surface area contributed by atoms with Gasteiger partial charge < -0.3 is 36.6 Å². The Morgan fingerprint density at radius 1 is 0.974 bits per heavy atom. The number of benzene rings is 3. The molecule has 0 aliphatic carbocycles. The van der Waals surface area contributed by atoms with Crippen LogP contribution in [0.5, 0.6) is 23.0 Å². The van der Waals surface area contributed by atoms with Gasteiger partial charge in [0.2, 0.25) is 12.5 Å². The van der Waals surface area contributed by atoms with E-state index in [1.54, 1.807) is 7.11 Å². The Kier molecular flexibility index (Phi) is 6.61. The van der Waals surface area contributed by atoms with Crippen molar-refractivity contribution in [3.63, 3.8) is 0 Å². The minimum Gasteiger partial charge on any atom is -1.00 e. The van der Waals surface area contributed by atoms with Crippen LogP contribution in [0.4, 0.5) is 10.1 Å². The van der Waals surface area contributed by atoms with Crippen LogP contribution >= 0.6 is 0 Å². The van der Waals surface area contributed by atoms with Crippen molar-refractivity contribution in [1.29, 1.82) is 0 Å². The van der Waals surface area contributed by atoms with E-state index in [9.17, 15) is 9.50 Å². The van der Waals surface area contributed by atoms with E-state index < -0.39 is 0 Å². The summed E-state index contributed by atoms with van der Waals surface area (Å²) in [6.07, 6.45) is 2.93. The highest BCUT2D eigenvalue weighted by Crippen LogP contribution is 2.42. The number of methoxy groups -OCH3 is 1. The van der Waals surface area contributed by atoms with E-state index in [0.29, 0.717) is 5.75 Å². The number of piperazine rings is 1. The van der Waals surface area contributed by atoms with E-state index in [2.05, 4.69) is 32.6 Å². The van der Waals surface area contributed by atoms with Gasteiger partial charge in [0.25, 0.3) is 0 Å². The Morgan fingerprint density at radius 2 is 1.72 bits per heavy atom. The first-order valence-corrected chi connectivity index (χ1v) is 13.0. The molecule has 0 unspecified atom stereocenters. The highest BCUT2D eigenvalue weighted by atomic mass is 35.5. The van der Waals surface area contributed by atoms with Crippen LogP contribution in [0.2, 0.25) is 0 Å². The number of hydrogen-bond acceptors (Lipinski definition) is 6. The summed E-state index contributed by atoms with van der Waals surface area (Å²) < 4.78 is 32.4. The largest absolute Gasteiger partial charge is 1.00 e. The van der Waals surface area contributed by atoms with Crippen LogP contribution in [0.15, 0.2) is 54.7 Å². The lowest BCUT2D eigenvalue weighted by molar-refractivity contribution is -0.686. The fourth-order valence-electron chi connectivity index (χ4n) is 5.91. The van der Waals surface area contributed by atoms with Crippen molar-refractivity contribution < 1.29 is 40.7 Å². The van der Waals surface area contributed by atoms with Crippen molar-refractivity contribution >= 4 is 16.5 Å². The number of fused-ring (bicyclic) bond motifs is 5. The summed E-state index contributed by atoms with van der Waals surface area (Å²) in [4.78, 5) is 4.71. The first kappa shape index (κ1) is 25.5. The smallest absolute Gasteiger partial charge is 0.231 e. The summed E-state index contributed by atoms with van der Waals surface area (Å²) in [7, 11) is 1.59. The zero-order valence-corrected chi connectivity index (χ0v) is 22.4. The van der Waals surface area contributed by atoms with E-state index in [4.69, 9.17) is 14.2 Å². The molecule has 3 aromatic carbocycles. The van der Waals surface area contributed by atoms with Crippen molar-refractivity contribution in [2.24, 2.45) is 0 Å². The average Bonchev–Trinajstić information content (AvgIpc) is 3.41. The molecule has 39 heavy (non-hydrogen) atoms. The van der Waals surface area contributed by atoms with Crippen LogP contribution < -0.4 is 36.1 Å². The minimum absolute atomic E-state index is 0. The maximum absolute atomic E-state index is 13.4. The molecule has 7 nitrogen and oxygen atoms in total. The van der Waals surface area contributed by atoms with E-state index in [1.165, 1.54) is 17.7 Å². The third-order valence-corrected chi connectivity index (χ3v) is 7.98. The lowest BCUT2D eigenvalue weighted by Crippen LogP contribution is -3.00. The molecule has 202 valence electrons. The normalized spacial score (nSPS) is 16.0. The van der Waals surface area contributed by atoms with E-state index in [-0.39, 0.29) is 30.8 Å². The second-order valence-electron chi connectivity index (χ2n) is 10.1. The third-order valence-electron chi connectivity index (χ3n) is 7.98. The molecule has 4 heterocycles. The predicted octanol–water partition coefficient (Wildman–Crippen LogP) is 1.26. The maximum Gasteiger partial charge on any atom is 0.231 e. The second-order valence-corrected chi connectivity index (χ2v) is 10.1. The number of ether oxygens (including phenoxy) is 3. The van der Waals surface area contributed by atoms with Gasteiger partial charge in [-0.2, -0.15) is 4.57 Å². The maximum atomic E-state index is 13.4. The van der Waals surface area contributed by atoms with Crippen LogP contribution in [0.25, 0.3) is 22.0 Å². The summed E-state index contributed by atoms with van der Waals surface area (Å²) in [6.45, 7) is 5.30. The number of pyridine rings is 1. The molecule has 1 fully saturated rings. The number of aryl methyl sites for hydroxylation is 2. The minimum atomic E-state index is -0.214. The van der Waals surface area contributed by atoms with Gasteiger partial charge in [-0.25, -0.2) is 4.39 Å². The molecule has 0 amide bonds. The van der Waals surface area contributed by atoms with Crippen molar-refractivity contribution in [3.05, 3.63) is 71.7 Å². The molecule has 7 rings (SSSR count). The summed E-state index contributed by atoms with van der Waals surface area (Å²) >= 11 is 0. The SMILES string of the molecule is COc1cc(CN2CCN(c3ccc(F)cc3)CC2)c2cc3[n+](cc2c1O)CCc1cc2c(cc1-3)OCO2.[Cl-]. The summed E-state index contributed by atoms with van der Waals surface area (Å²) in [5.74, 6) is 2.01. The molecule has 0 bridgehead atoms. The Bertz CT molecular complexity index is 1560.